The highest BCUT2D eigenvalue weighted by molar-refractivity contribution is 7.12. The van der Waals surface area contributed by atoms with Crippen molar-refractivity contribution in [3.05, 3.63) is 124 Å². The van der Waals surface area contributed by atoms with Gasteiger partial charge < -0.3 is 9.84 Å². The van der Waals surface area contributed by atoms with E-state index >= 15 is 0 Å². The first-order chi connectivity index (χ1) is 16.6. The molecule has 0 saturated heterocycles. The van der Waals surface area contributed by atoms with Crippen molar-refractivity contribution in [2.24, 2.45) is 0 Å². The number of aliphatic hydroxyl groups is 1. The van der Waals surface area contributed by atoms with Gasteiger partial charge in [0, 0.05) is 11.9 Å². The van der Waals surface area contributed by atoms with Gasteiger partial charge in [-0.05, 0) is 53.4 Å². The molecule has 3 heterocycles. The topological polar surface area (TPSA) is 79.7 Å². The van der Waals surface area contributed by atoms with Gasteiger partial charge in [-0.1, -0.05) is 42.5 Å². The third-order valence-electron chi connectivity index (χ3n) is 5.53. The van der Waals surface area contributed by atoms with Crippen LogP contribution < -0.4 is 9.64 Å². The average Bonchev–Trinajstić information content (AvgIpc) is 3.51. The van der Waals surface area contributed by atoms with Gasteiger partial charge in [0.1, 0.15) is 18.4 Å². The summed E-state index contributed by atoms with van der Waals surface area (Å²) < 4.78 is 5.85. The summed E-state index contributed by atoms with van der Waals surface area (Å²) in [5.74, 6) is -0.950. The summed E-state index contributed by atoms with van der Waals surface area (Å²) in [5, 5.41) is 12.6. The van der Waals surface area contributed by atoms with E-state index in [9.17, 15) is 14.7 Å². The number of aliphatic hydroxyl groups excluding tert-OH is 1. The van der Waals surface area contributed by atoms with Crippen LogP contribution in [-0.2, 0) is 11.4 Å². The van der Waals surface area contributed by atoms with Crippen molar-refractivity contribution in [2.75, 3.05) is 4.90 Å². The molecule has 2 aromatic heterocycles. The Balaban J connectivity index is 1.46. The number of pyridine rings is 1. The molecule has 1 amide bonds. The van der Waals surface area contributed by atoms with Crippen molar-refractivity contribution in [3.63, 3.8) is 0 Å². The minimum Gasteiger partial charge on any atom is -0.503 e. The van der Waals surface area contributed by atoms with Gasteiger partial charge >= 0.3 is 0 Å². The number of hydrogen-bond donors (Lipinski definition) is 1. The third-order valence-corrected chi connectivity index (χ3v) is 6.40. The first kappa shape index (κ1) is 21.6. The van der Waals surface area contributed by atoms with Crippen LogP contribution in [0.3, 0.4) is 0 Å². The second-order valence-electron chi connectivity index (χ2n) is 7.67. The highest BCUT2D eigenvalue weighted by Crippen LogP contribution is 2.41. The van der Waals surface area contributed by atoms with E-state index in [2.05, 4.69) is 4.98 Å². The van der Waals surface area contributed by atoms with E-state index in [0.29, 0.717) is 28.6 Å². The fraction of sp³-hybridized carbons (Fsp3) is 0.0741. The SMILES string of the molecule is O=C(C1=C(O)C(=O)N(c2ccc(OCc3ccccc3)cc2)C1c1ccccn1)c1cccs1. The number of ketones is 1. The lowest BCUT2D eigenvalue weighted by Crippen LogP contribution is -2.31. The molecule has 0 fully saturated rings. The molecule has 1 unspecified atom stereocenters. The molecular weight excluding hydrogens is 448 g/mol. The number of Topliss-reactive ketones (excluding diaryl/α,β-unsaturated/α-hetero) is 1. The number of carbonyl (C=O) groups excluding carboxylic acids is 2. The Kier molecular flexibility index (Phi) is 5.93. The number of aromatic nitrogens is 1. The number of rotatable bonds is 7. The fourth-order valence-corrected chi connectivity index (χ4v) is 4.58. The van der Waals surface area contributed by atoms with Crippen molar-refractivity contribution in [2.45, 2.75) is 12.6 Å². The van der Waals surface area contributed by atoms with E-state index in [1.807, 2.05) is 30.3 Å². The maximum absolute atomic E-state index is 13.3. The third kappa shape index (κ3) is 4.09. The monoisotopic (exact) mass is 468 g/mol. The van der Waals surface area contributed by atoms with Gasteiger partial charge in [-0.3, -0.25) is 19.5 Å². The standard InChI is InChI=1S/C27H20N2O4S/c30-25(22-10-6-16-34-22)23-24(21-9-4-5-15-28-21)29(27(32)26(23)31)19-11-13-20(14-12-19)33-17-18-7-2-1-3-8-18/h1-16,24,31H,17H2. The fourth-order valence-electron chi connectivity index (χ4n) is 3.91. The maximum atomic E-state index is 13.3. The maximum Gasteiger partial charge on any atom is 0.294 e. The molecule has 1 N–H and O–H groups in total. The summed E-state index contributed by atoms with van der Waals surface area (Å²) >= 11 is 1.26. The van der Waals surface area contributed by atoms with E-state index in [4.69, 9.17) is 4.74 Å². The number of amides is 1. The second-order valence-corrected chi connectivity index (χ2v) is 8.62. The van der Waals surface area contributed by atoms with Crippen LogP contribution in [0.4, 0.5) is 5.69 Å². The van der Waals surface area contributed by atoms with Crippen molar-refractivity contribution in [1.29, 1.82) is 0 Å². The predicted molar refractivity (Wildman–Crippen MR) is 130 cm³/mol. The van der Waals surface area contributed by atoms with Gasteiger partial charge in [0.15, 0.2) is 5.76 Å². The van der Waals surface area contributed by atoms with Gasteiger partial charge in [-0.2, -0.15) is 0 Å². The molecule has 0 radical (unpaired) electrons. The van der Waals surface area contributed by atoms with E-state index in [0.717, 1.165) is 5.56 Å². The molecule has 168 valence electrons. The summed E-state index contributed by atoms with van der Waals surface area (Å²) in [5.41, 5.74) is 2.08. The Labute approximate surface area is 200 Å². The minimum absolute atomic E-state index is 0.0237. The van der Waals surface area contributed by atoms with Crippen LogP contribution >= 0.6 is 11.3 Å². The van der Waals surface area contributed by atoms with Crippen LogP contribution in [0.25, 0.3) is 0 Å². The Morgan fingerprint density at radius 3 is 2.41 bits per heavy atom. The largest absolute Gasteiger partial charge is 0.503 e. The molecule has 6 nitrogen and oxygen atoms in total. The Morgan fingerprint density at radius 2 is 1.74 bits per heavy atom. The number of nitrogens with zero attached hydrogens (tertiary/aromatic N) is 2. The molecule has 1 aliphatic rings. The Hall–Kier alpha value is -4.23. The zero-order valence-electron chi connectivity index (χ0n) is 18.0. The summed E-state index contributed by atoms with van der Waals surface area (Å²) in [7, 11) is 0. The Morgan fingerprint density at radius 1 is 0.971 bits per heavy atom. The lowest BCUT2D eigenvalue weighted by molar-refractivity contribution is -0.117. The molecule has 0 bridgehead atoms. The van der Waals surface area contributed by atoms with Gasteiger partial charge in [0.05, 0.1) is 16.1 Å². The highest BCUT2D eigenvalue weighted by atomic mass is 32.1. The van der Waals surface area contributed by atoms with E-state index in [1.165, 1.54) is 16.2 Å². The van der Waals surface area contributed by atoms with Gasteiger partial charge in [-0.15, -0.1) is 11.3 Å². The molecule has 1 aliphatic heterocycles. The van der Waals surface area contributed by atoms with Crippen molar-refractivity contribution >= 4 is 28.7 Å². The molecule has 4 aromatic rings. The van der Waals surface area contributed by atoms with Crippen molar-refractivity contribution in [3.8, 4) is 5.75 Å². The summed E-state index contributed by atoms with van der Waals surface area (Å²) in [6.07, 6.45) is 1.60. The van der Waals surface area contributed by atoms with Crippen LogP contribution in [0, 0.1) is 0 Å². The molecule has 2 aromatic carbocycles. The second kappa shape index (κ2) is 9.33. The molecule has 1 atom stereocenters. The normalized spacial score (nSPS) is 15.6. The average molecular weight is 469 g/mol. The van der Waals surface area contributed by atoms with Crippen LogP contribution in [0.5, 0.6) is 5.75 Å². The number of anilines is 1. The summed E-state index contributed by atoms with van der Waals surface area (Å²) in [4.78, 5) is 32.7. The first-order valence-corrected chi connectivity index (χ1v) is 11.5. The quantitative estimate of drug-likeness (QED) is 0.362. The van der Waals surface area contributed by atoms with Crippen molar-refractivity contribution in [1.82, 2.24) is 4.98 Å². The minimum atomic E-state index is -0.848. The van der Waals surface area contributed by atoms with E-state index < -0.39 is 17.7 Å². The number of ether oxygens (including phenoxy) is 1. The molecule has 0 saturated carbocycles. The van der Waals surface area contributed by atoms with Crippen LogP contribution in [0.15, 0.2) is 108 Å². The van der Waals surface area contributed by atoms with Gasteiger partial charge in [0.25, 0.3) is 5.91 Å². The molecule has 5 rings (SSSR count). The highest BCUT2D eigenvalue weighted by Gasteiger charge is 2.45. The number of thiophene rings is 1. The smallest absolute Gasteiger partial charge is 0.294 e. The first-order valence-electron chi connectivity index (χ1n) is 10.7. The van der Waals surface area contributed by atoms with Crippen molar-refractivity contribution < 1.29 is 19.4 Å². The molecule has 0 aliphatic carbocycles. The predicted octanol–water partition coefficient (Wildman–Crippen LogP) is 5.51. The molecule has 0 spiro atoms. The zero-order chi connectivity index (χ0) is 23.5. The lowest BCUT2D eigenvalue weighted by atomic mass is 9.98. The number of benzene rings is 2. The molecule has 34 heavy (non-hydrogen) atoms. The zero-order valence-corrected chi connectivity index (χ0v) is 18.8. The molecule has 7 heteroatoms. The van der Waals surface area contributed by atoms with Crippen LogP contribution in [0.2, 0.25) is 0 Å². The summed E-state index contributed by atoms with van der Waals surface area (Å²) in [6, 6.07) is 24.7. The van der Waals surface area contributed by atoms with Gasteiger partial charge in [-0.25, -0.2) is 0 Å². The number of carbonyl (C=O) groups is 2. The summed E-state index contributed by atoms with van der Waals surface area (Å²) in [6.45, 7) is 0.418. The Bertz CT molecular complexity index is 1330. The van der Waals surface area contributed by atoms with E-state index in [-0.39, 0.29) is 11.4 Å². The number of hydrogen-bond acceptors (Lipinski definition) is 6. The van der Waals surface area contributed by atoms with Gasteiger partial charge in [0.2, 0.25) is 5.78 Å². The lowest BCUT2D eigenvalue weighted by Gasteiger charge is -2.26. The van der Waals surface area contributed by atoms with E-state index in [1.54, 1.807) is 66.2 Å². The van der Waals surface area contributed by atoms with Crippen LogP contribution in [-0.4, -0.2) is 21.8 Å². The van der Waals surface area contributed by atoms with Crippen LogP contribution in [0.1, 0.15) is 27.0 Å². The molecular formula is C27H20N2O4S.